The molecule has 2 fully saturated rings. The molecule has 3 rings (SSSR count). The molecule has 0 aliphatic carbocycles. The number of halogens is 2. The molecule has 1 unspecified atom stereocenters. The summed E-state index contributed by atoms with van der Waals surface area (Å²) in [5.74, 6) is -0.332. The highest BCUT2D eigenvalue weighted by Crippen LogP contribution is 2.26. The molecule has 6 nitrogen and oxygen atoms in total. The van der Waals surface area contributed by atoms with E-state index in [1.165, 1.54) is 0 Å². The van der Waals surface area contributed by atoms with E-state index in [0.717, 1.165) is 39.1 Å². The summed E-state index contributed by atoms with van der Waals surface area (Å²) in [7, 11) is 0. The SMILES string of the molecule is O=C(NCCN1CCNCC1)C1CCCN1C(=O)c1cc(Cl)ccc1Cl. The third-order valence-corrected chi connectivity index (χ3v) is 5.48. The van der Waals surface area contributed by atoms with E-state index in [9.17, 15) is 9.59 Å². The molecule has 2 N–H and O–H groups in total. The van der Waals surface area contributed by atoms with E-state index < -0.39 is 6.04 Å². The first-order chi connectivity index (χ1) is 12.6. The summed E-state index contributed by atoms with van der Waals surface area (Å²) < 4.78 is 0. The maximum absolute atomic E-state index is 12.8. The summed E-state index contributed by atoms with van der Waals surface area (Å²) in [4.78, 5) is 29.4. The van der Waals surface area contributed by atoms with E-state index in [4.69, 9.17) is 23.2 Å². The van der Waals surface area contributed by atoms with Gasteiger partial charge in [-0.2, -0.15) is 0 Å². The fraction of sp³-hybridized carbons (Fsp3) is 0.556. The monoisotopic (exact) mass is 398 g/mol. The van der Waals surface area contributed by atoms with E-state index in [1.54, 1.807) is 23.1 Å². The standard InChI is InChI=1S/C18H24Cl2N4O2/c19-13-3-4-15(20)14(12-13)18(26)24-8-1-2-16(24)17(25)22-7-11-23-9-5-21-6-10-23/h3-4,12,16,21H,1-2,5-11H2,(H,22,25). The van der Waals surface area contributed by atoms with E-state index in [2.05, 4.69) is 15.5 Å². The summed E-state index contributed by atoms with van der Waals surface area (Å²) in [5.41, 5.74) is 0.347. The quantitative estimate of drug-likeness (QED) is 0.790. The van der Waals surface area contributed by atoms with E-state index in [-0.39, 0.29) is 11.8 Å². The first-order valence-electron chi connectivity index (χ1n) is 9.03. The van der Waals surface area contributed by atoms with Gasteiger partial charge in [0, 0.05) is 50.8 Å². The molecule has 1 aromatic rings. The summed E-state index contributed by atoms with van der Waals surface area (Å²) in [6, 6.07) is 4.37. The Hall–Kier alpha value is -1.34. The highest BCUT2D eigenvalue weighted by Gasteiger charge is 2.35. The number of carbonyl (C=O) groups is 2. The van der Waals surface area contributed by atoms with Gasteiger partial charge in [-0.05, 0) is 31.0 Å². The largest absolute Gasteiger partial charge is 0.353 e. The highest BCUT2D eigenvalue weighted by atomic mass is 35.5. The van der Waals surface area contributed by atoms with E-state index >= 15 is 0 Å². The lowest BCUT2D eigenvalue weighted by Gasteiger charge is -2.28. The summed E-state index contributed by atoms with van der Waals surface area (Å²) in [6.07, 6.45) is 1.48. The number of piperazine rings is 1. The van der Waals surface area contributed by atoms with Crippen LogP contribution in [0.5, 0.6) is 0 Å². The van der Waals surface area contributed by atoms with Gasteiger partial charge in [0.1, 0.15) is 6.04 Å². The molecular weight excluding hydrogens is 375 g/mol. The molecule has 2 aliphatic rings. The van der Waals surface area contributed by atoms with Gasteiger partial charge in [-0.15, -0.1) is 0 Å². The first kappa shape index (κ1) is 19.4. The Morgan fingerprint density at radius 1 is 1.19 bits per heavy atom. The van der Waals surface area contributed by atoms with Crippen molar-refractivity contribution in [1.29, 1.82) is 0 Å². The second-order valence-electron chi connectivity index (χ2n) is 6.66. The van der Waals surface area contributed by atoms with Crippen molar-refractivity contribution in [1.82, 2.24) is 20.4 Å². The third kappa shape index (κ3) is 4.68. The van der Waals surface area contributed by atoms with Crippen LogP contribution in [0.15, 0.2) is 18.2 Å². The van der Waals surface area contributed by atoms with Crippen LogP contribution in [0.2, 0.25) is 10.0 Å². The average Bonchev–Trinajstić information content (AvgIpc) is 3.14. The van der Waals surface area contributed by atoms with Crippen LogP contribution >= 0.6 is 23.2 Å². The van der Waals surface area contributed by atoms with Gasteiger partial charge in [-0.1, -0.05) is 23.2 Å². The van der Waals surface area contributed by atoms with Gasteiger partial charge >= 0.3 is 0 Å². The van der Waals surface area contributed by atoms with Crippen molar-refractivity contribution in [2.75, 3.05) is 45.8 Å². The minimum absolute atomic E-state index is 0.0934. The zero-order chi connectivity index (χ0) is 18.5. The number of rotatable bonds is 5. The number of benzene rings is 1. The van der Waals surface area contributed by atoms with Crippen molar-refractivity contribution in [3.05, 3.63) is 33.8 Å². The molecule has 0 saturated carbocycles. The fourth-order valence-corrected chi connectivity index (χ4v) is 3.86. The molecule has 2 amide bonds. The molecule has 0 radical (unpaired) electrons. The average molecular weight is 399 g/mol. The van der Waals surface area contributed by atoms with E-state index in [0.29, 0.717) is 35.1 Å². The predicted molar refractivity (Wildman–Crippen MR) is 103 cm³/mol. The zero-order valence-electron chi connectivity index (χ0n) is 14.6. The van der Waals surface area contributed by atoms with Crippen LogP contribution in [-0.4, -0.2) is 73.5 Å². The lowest BCUT2D eigenvalue weighted by molar-refractivity contribution is -0.124. The van der Waals surface area contributed by atoms with Crippen molar-refractivity contribution in [2.24, 2.45) is 0 Å². The molecule has 142 valence electrons. The van der Waals surface area contributed by atoms with Gasteiger partial charge in [0.15, 0.2) is 0 Å². The van der Waals surface area contributed by atoms with Crippen molar-refractivity contribution < 1.29 is 9.59 Å². The number of nitrogens with zero attached hydrogens (tertiary/aromatic N) is 2. The first-order valence-corrected chi connectivity index (χ1v) is 9.78. The smallest absolute Gasteiger partial charge is 0.256 e. The topological polar surface area (TPSA) is 64.7 Å². The molecule has 2 saturated heterocycles. The number of amides is 2. The van der Waals surface area contributed by atoms with Crippen LogP contribution in [0.3, 0.4) is 0 Å². The van der Waals surface area contributed by atoms with Gasteiger partial charge < -0.3 is 15.5 Å². The molecule has 8 heteroatoms. The minimum atomic E-state index is -0.444. The predicted octanol–water partition coefficient (Wildman–Crippen LogP) is 1.62. The van der Waals surface area contributed by atoms with Crippen LogP contribution in [-0.2, 0) is 4.79 Å². The van der Waals surface area contributed by atoms with Crippen LogP contribution in [0.25, 0.3) is 0 Å². The second kappa shape index (κ2) is 9.04. The Balaban J connectivity index is 1.57. The van der Waals surface area contributed by atoms with Crippen LogP contribution in [0, 0.1) is 0 Å². The van der Waals surface area contributed by atoms with Crippen molar-refractivity contribution >= 4 is 35.0 Å². The highest BCUT2D eigenvalue weighted by molar-refractivity contribution is 6.35. The Bertz CT molecular complexity index is 665. The van der Waals surface area contributed by atoms with E-state index in [1.807, 2.05) is 0 Å². The Morgan fingerprint density at radius 3 is 2.73 bits per heavy atom. The molecule has 2 heterocycles. The number of likely N-dealkylation sites (tertiary alicyclic amines) is 1. The number of hydrogen-bond donors (Lipinski definition) is 2. The molecule has 26 heavy (non-hydrogen) atoms. The van der Waals surface area contributed by atoms with Crippen LogP contribution in [0.4, 0.5) is 0 Å². The Morgan fingerprint density at radius 2 is 1.96 bits per heavy atom. The lowest BCUT2D eigenvalue weighted by Crippen LogP contribution is -2.49. The van der Waals surface area contributed by atoms with Crippen LogP contribution < -0.4 is 10.6 Å². The lowest BCUT2D eigenvalue weighted by atomic mass is 10.1. The summed E-state index contributed by atoms with van der Waals surface area (Å²) in [5, 5.41) is 7.09. The summed E-state index contributed by atoms with van der Waals surface area (Å²) in [6.45, 7) is 5.94. The third-order valence-electron chi connectivity index (χ3n) is 4.91. The van der Waals surface area contributed by atoms with Crippen molar-refractivity contribution in [3.8, 4) is 0 Å². The van der Waals surface area contributed by atoms with Gasteiger partial charge in [0.2, 0.25) is 5.91 Å². The summed E-state index contributed by atoms with van der Waals surface area (Å²) >= 11 is 12.1. The zero-order valence-corrected chi connectivity index (χ0v) is 16.2. The fourth-order valence-electron chi connectivity index (χ4n) is 3.49. The second-order valence-corrected chi connectivity index (χ2v) is 7.51. The maximum Gasteiger partial charge on any atom is 0.256 e. The number of nitrogens with one attached hydrogen (secondary N) is 2. The number of hydrogen-bond acceptors (Lipinski definition) is 4. The molecule has 0 spiro atoms. The maximum atomic E-state index is 12.8. The molecule has 0 aromatic heterocycles. The molecule has 2 aliphatic heterocycles. The molecule has 0 bridgehead atoms. The molecular formula is C18H24Cl2N4O2. The number of carbonyl (C=O) groups excluding carboxylic acids is 2. The Kier molecular flexibility index (Phi) is 6.75. The van der Waals surface area contributed by atoms with Gasteiger partial charge in [-0.3, -0.25) is 14.5 Å². The molecule has 1 atom stereocenters. The van der Waals surface area contributed by atoms with Crippen molar-refractivity contribution in [2.45, 2.75) is 18.9 Å². The van der Waals surface area contributed by atoms with Gasteiger partial charge in [-0.25, -0.2) is 0 Å². The molecule has 1 aromatic carbocycles. The van der Waals surface area contributed by atoms with Crippen molar-refractivity contribution in [3.63, 3.8) is 0 Å². The minimum Gasteiger partial charge on any atom is -0.353 e. The van der Waals surface area contributed by atoms with Gasteiger partial charge in [0.25, 0.3) is 5.91 Å². The normalized spacial score (nSPS) is 21.0. The van der Waals surface area contributed by atoms with Crippen LogP contribution in [0.1, 0.15) is 23.2 Å². The Labute approximate surface area is 163 Å². The van der Waals surface area contributed by atoms with Gasteiger partial charge in [0.05, 0.1) is 10.6 Å².